The molecule has 1 aliphatic heterocycles. The first-order valence-electron chi connectivity index (χ1n) is 6.14. The summed E-state index contributed by atoms with van der Waals surface area (Å²) in [5.41, 5.74) is 5.72. The zero-order chi connectivity index (χ0) is 13.7. The van der Waals surface area contributed by atoms with Crippen molar-refractivity contribution >= 4 is 12.0 Å². The molecule has 0 radical (unpaired) electrons. The molecule has 0 aromatic rings. The van der Waals surface area contributed by atoms with Crippen molar-refractivity contribution in [3.63, 3.8) is 0 Å². The molecule has 104 valence electrons. The lowest BCUT2D eigenvalue weighted by Crippen LogP contribution is -2.43. The summed E-state index contributed by atoms with van der Waals surface area (Å²) in [5, 5.41) is 17.7. The number of carbonyl (C=O) groups excluding carboxylic acids is 1. The van der Waals surface area contributed by atoms with Crippen molar-refractivity contribution in [1.29, 1.82) is 0 Å². The molecule has 0 saturated carbocycles. The third kappa shape index (κ3) is 3.33. The van der Waals surface area contributed by atoms with Crippen molar-refractivity contribution in [2.45, 2.75) is 19.4 Å². The second kappa shape index (κ2) is 6.55. The number of aliphatic hydroxyl groups is 1. The van der Waals surface area contributed by atoms with Gasteiger partial charge in [-0.3, -0.25) is 4.79 Å². The Balaban J connectivity index is 2.59. The van der Waals surface area contributed by atoms with Crippen LogP contribution in [-0.4, -0.2) is 70.8 Å². The second-order valence-corrected chi connectivity index (χ2v) is 4.45. The summed E-state index contributed by atoms with van der Waals surface area (Å²) >= 11 is 0. The molecule has 1 aliphatic rings. The normalized spacial score (nSPS) is 23.2. The Labute approximate surface area is 106 Å². The Morgan fingerprint density at radius 1 is 1.44 bits per heavy atom. The van der Waals surface area contributed by atoms with E-state index < -0.39 is 17.9 Å². The van der Waals surface area contributed by atoms with Gasteiger partial charge in [0, 0.05) is 38.8 Å². The molecule has 7 nitrogen and oxygen atoms in total. The largest absolute Gasteiger partial charge is 0.481 e. The predicted octanol–water partition coefficient (Wildman–Crippen LogP) is -0.846. The highest BCUT2D eigenvalue weighted by molar-refractivity contribution is 5.78. The Bertz CT molecular complexity index is 311. The SMILES string of the molecule is CCN(CCCO)C(=O)N1C[C@H](N)[C@H](C(=O)O)C1. The van der Waals surface area contributed by atoms with Crippen LogP contribution in [0, 0.1) is 5.92 Å². The van der Waals surface area contributed by atoms with E-state index >= 15 is 0 Å². The van der Waals surface area contributed by atoms with Crippen molar-refractivity contribution in [2.75, 3.05) is 32.8 Å². The van der Waals surface area contributed by atoms with Gasteiger partial charge < -0.3 is 25.7 Å². The number of carboxylic acids is 1. The first-order valence-corrected chi connectivity index (χ1v) is 6.14. The van der Waals surface area contributed by atoms with Gasteiger partial charge in [0.15, 0.2) is 0 Å². The smallest absolute Gasteiger partial charge is 0.320 e. The Hall–Kier alpha value is -1.34. The topological polar surface area (TPSA) is 107 Å². The minimum Gasteiger partial charge on any atom is -0.481 e. The second-order valence-electron chi connectivity index (χ2n) is 4.45. The quantitative estimate of drug-likeness (QED) is 0.596. The van der Waals surface area contributed by atoms with Gasteiger partial charge in [-0.25, -0.2) is 4.79 Å². The summed E-state index contributed by atoms with van der Waals surface area (Å²) in [6, 6.07) is -0.715. The van der Waals surface area contributed by atoms with Crippen LogP contribution in [0.2, 0.25) is 0 Å². The van der Waals surface area contributed by atoms with E-state index in [1.165, 1.54) is 4.90 Å². The molecule has 0 aliphatic carbocycles. The number of nitrogens with two attached hydrogens (primary N) is 1. The van der Waals surface area contributed by atoms with Crippen molar-refractivity contribution in [3.05, 3.63) is 0 Å². The van der Waals surface area contributed by atoms with Crippen LogP contribution < -0.4 is 5.73 Å². The fraction of sp³-hybridized carbons (Fsp3) is 0.818. The molecule has 18 heavy (non-hydrogen) atoms. The fourth-order valence-corrected chi connectivity index (χ4v) is 2.10. The summed E-state index contributed by atoms with van der Waals surface area (Å²) < 4.78 is 0. The van der Waals surface area contributed by atoms with Gasteiger partial charge in [-0.1, -0.05) is 0 Å². The van der Waals surface area contributed by atoms with E-state index in [9.17, 15) is 9.59 Å². The van der Waals surface area contributed by atoms with Crippen LogP contribution in [0.25, 0.3) is 0 Å². The number of nitrogens with zero attached hydrogens (tertiary/aromatic N) is 2. The molecule has 0 spiro atoms. The van der Waals surface area contributed by atoms with Gasteiger partial charge in [-0.15, -0.1) is 0 Å². The van der Waals surface area contributed by atoms with Gasteiger partial charge in [0.1, 0.15) is 0 Å². The zero-order valence-electron chi connectivity index (χ0n) is 10.6. The summed E-state index contributed by atoms with van der Waals surface area (Å²) in [6.45, 7) is 3.30. The molecule has 1 heterocycles. The lowest BCUT2D eigenvalue weighted by molar-refractivity contribution is -0.141. The minimum absolute atomic E-state index is 0.0288. The molecule has 1 rings (SSSR count). The van der Waals surface area contributed by atoms with Crippen LogP contribution in [0.1, 0.15) is 13.3 Å². The number of aliphatic carboxylic acids is 1. The van der Waals surface area contributed by atoms with Crippen molar-refractivity contribution in [2.24, 2.45) is 11.7 Å². The summed E-state index contributed by atoms with van der Waals surface area (Å²) in [6.07, 6.45) is 0.516. The van der Waals surface area contributed by atoms with Gasteiger partial charge in [0.25, 0.3) is 0 Å². The van der Waals surface area contributed by atoms with Gasteiger partial charge in [0.2, 0.25) is 0 Å². The monoisotopic (exact) mass is 259 g/mol. The van der Waals surface area contributed by atoms with Gasteiger partial charge in [0.05, 0.1) is 5.92 Å². The highest BCUT2D eigenvalue weighted by Gasteiger charge is 2.38. The number of carbonyl (C=O) groups is 2. The molecule has 1 saturated heterocycles. The maximum Gasteiger partial charge on any atom is 0.320 e. The maximum absolute atomic E-state index is 12.1. The van der Waals surface area contributed by atoms with Crippen LogP contribution in [0.15, 0.2) is 0 Å². The van der Waals surface area contributed by atoms with Crippen molar-refractivity contribution < 1.29 is 19.8 Å². The lowest BCUT2D eigenvalue weighted by atomic mass is 10.1. The van der Waals surface area contributed by atoms with Crippen molar-refractivity contribution in [1.82, 2.24) is 9.80 Å². The molecule has 0 aromatic carbocycles. The number of hydrogen-bond acceptors (Lipinski definition) is 4. The molecule has 2 atom stereocenters. The van der Waals surface area contributed by atoms with Gasteiger partial charge in [-0.2, -0.15) is 0 Å². The minimum atomic E-state index is -0.962. The number of hydrogen-bond donors (Lipinski definition) is 3. The maximum atomic E-state index is 12.1. The molecule has 2 amide bonds. The Kier molecular flexibility index (Phi) is 5.36. The standard InChI is InChI=1S/C11H21N3O4/c1-2-13(4-3-5-15)11(18)14-6-8(10(16)17)9(12)7-14/h8-9,15H,2-7,12H2,1H3,(H,16,17)/t8-,9+/m1/s1. The van der Waals surface area contributed by atoms with E-state index in [0.29, 0.717) is 19.5 Å². The highest BCUT2D eigenvalue weighted by Crippen LogP contribution is 2.17. The van der Waals surface area contributed by atoms with Gasteiger partial charge >= 0.3 is 12.0 Å². The number of likely N-dealkylation sites (tertiary alicyclic amines) is 1. The van der Waals surface area contributed by atoms with E-state index in [1.807, 2.05) is 6.92 Å². The van der Waals surface area contributed by atoms with Crippen molar-refractivity contribution in [3.8, 4) is 0 Å². The third-order valence-corrected chi connectivity index (χ3v) is 3.19. The molecule has 1 fully saturated rings. The van der Waals surface area contributed by atoms with E-state index in [1.54, 1.807) is 4.90 Å². The molecule has 0 bridgehead atoms. The third-order valence-electron chi connectivity index (χ3n) is 3.19. The van der Waals surface area contributed by atoms with Crippen LogP contribution in [0.5, 0.6) is 0 Å². The number of aliphatic hydroxyl groups excluding tert-OH is 1. The number of rotatable bonds is 5. The molecular weight excluding hydrogens is 238 g/mol. The highest BCUT2D eigenvalue weighted by atomic mass is 16.4. The van der Waals surface area contributed by atoms with E-state index in [-0.39, 0.29) is 25.7 Å². The van der Waals surface area contributed by atoms with Crippen LogP contribution in [0.3, 0.4) is 0 Å². The zero-order valence-corrected chi connectivity index (χ0v) is 10.6. The van der Waals surface area contributed by atoms with E-state index in [2.05, 4.69) is 0 Å². The molecule has 0 unspecified atom stereocenters. The number of carboxylic acid groups (broad SMARTS) is 1. The average molecular weight is 259 g/mol. The molecular formula is C11H21N3O4. The average Bonchev–Trinajstić information content (AvgIpc) is 2.72. The Morgan fingerprint density at radius 2 is 2.11 bits per heavy atom. The van der Waals surface area contributed by atoms with E-state index in [0.717, 1.165) is 0 Å². The van der Waals surface area contributed by atoms with Crippen LogP contribution >= 0.6 is 0 Å². The summed E-state index contributed by atoms with van der Waals surface area (Å²) in [4.78, 5) is 26.1. The van der Waals surface area contributed by atoms with E-state index in [4.69, 9.17) is 15.9 Å². The van der Waals surface area contributed by atoms with Crippen LogP contribution in [0.4, 0.5) is 4.79 Å². The summed E-state index contributed by atoms with van der Waals surface area (Å²) in [5.74, 6) is -1.65. The Morgan fingerprint density at radius 3 is 2.56 bits per heavy atom. The molecule has 0 aromatic heterocycles. The summed E-state index contributed by atoms with van der Waals surface area (Å²) in [7, 11) is 0. The molecule has 4 N–H and O–H groups in total. The van der Waals surface area contributed by atoms with Crippen LogP contribution in [-0.2, 0) is 4.79 Å². The first-order chi connectivity index (χ1) is 8.51. The predicted molar refractivity (Wildman–Crippen MR) is 65.0 cm³/mol. The van der Waals surface area contributed by atoms with Gasteiger partial charge in [-0.05, 0) is 13.3 Å². The first kappa shape index (κ1) is 14.7. The number of urea groups is 1. The number of amides is 2. The fourth-order valence-electron chi connectivity index (χ4n) is 2.10. The lowest BCUT2D eigenvalue weighted by Gasteiger charge is -2.26. The molecule has 7 heteroatoms.